The van der Waals surface area contributed by atoms with E-state index in [-0.39, 0.29) is 17.4 Å². The first-order chi connectivity index (χ1) is 11.8. The van der Waals surface area contributed by atoms with Gasteiger partial charge in [-0.2, -0.15) is 0 Å². The lowest BCUT2D eigenvalue weighted by Crippen LogP contribution is -2.41. The fraction of sp³-hybridized carbons (Fsp3) is 0.650. The molecule has 4 rings (SSSR count). The Morgan fingerprint density at radius 2 is 1.96 bits per heavy atom. The van der Waals surface area contributed by atoms with E-state index in [9.17, 15) is 9.18 Å². The minimum atomic E-state index is -1.11. The van der Waals surface area contributed by atoms with Crippen LogP contribution in [0, 0.1) is 29.5 Å². The number of ether oxygens (including phenoxy) is 2. The molecule has 136 valence electrons. The van der Waals surface area contributed by atoms with Gasteiger partial charge in [-0.1, -0.05) is 6.42 Å². The van der Waals surface area contributed by atoms with E-state index in [1.807, 2.05) is 0 Å². The van der Waals surface area contributed by atoms with E-state index in [1.54, 1.807) is 13.8 Å². The highest BCUT2D eigenvalue weighted by molar-refractivity contribution is 5.88. The Bertz CT molecular complexity index is 686. The maximum atomic E-state index is 14.0. The van der Waals surface area contributed by atoms with Gasteiger partial charge in [0, 0.05) is 13.8 Å². The molecule has 1 aromatic rings. The summed E-state index contributed by atoms with van der Waals surface area (Å²) in [6, 6.07) is 3.57. The van der Waals surface area contributed by atoms with Crippen molar-refractivity contribution in [3.63, 3.8) is 0 Å². The lowest BCUT2D eigenvalue weighted by Gasteiger charge is -2.37. The molecule has 2 bridgehead atoms. The molecular weight excluding hydrogens is 323 g/mol. The van der Waals surface area contributed by atoms with Gasteiger partial charge in [-0.15, -0.1) is 0 Å². The minimum absolute atomic E-state index is 0.000853. The lowest BCUT2D eigenvalue weighted by molar-refractivity contribution is -0.204. The van der Waals surface area contributed by atoms with E-state index in [2.05, 4.69) is 0 Å². The van der Waals surface area contributed by atoms with Crippen molar-refractivity contribution in [2.45, 2.75) is 57.8 Å². The molecule has 4 nitrogen and oxygen atoms in total. The molecule has 3 fully saturated rings. The first-order valence-electron chi connectivity index (χ1n) is 9.24. The summed E-state index contributed by atoms with van der Waals surface area (Å²) in [6.45, 7) is 3.55. The van der Waals surface area contributed by atoms with E-state index in [4.69, 9.17) is 14.6 Å². The standard InChI is InChI=1S/C20H25FO4/c1-20(2,25-18-9-11(19(22)23)6-7-16(18)21)24-17-10-12-8-15(17)14-5-3-4-13(12)14/h6-7,9,12-15,17H,3-5,8,10H2,1-2H3,(H,22,23). The number of hydrogen-bond donors (Lipinski definition) is 1. The molecule has 5 heteroatoms. The number of carboxylic acid groups (broad SMARTS) is 1. The molecule has 0 saturated heterocycles. The van der Waals surface area contributed by atoms with Crippen molar-refractivity contribution in [2.24, 2.45) is 23.7 Å². The Hall–Kier alpha value is -1.62. The van der Waals surface area contributed by atoms with E-state index in [1.165, 1.54) is 37.8 Å². The van der Waals surface area contributed by atoms with E-state index in [0.29, 0.717) is 5.92 Å². The predicted molar refractivity (Wildman–Crippen MR) is 90.0 cm³/mol. The molecule has 5 atom stereocenters. The number of hydrogen-bond acceptors (Lipinski definition) is 3. The molecule has 0 spiro atoms. The maximum absolute atomic E-state index is 14.0. The van der Waals surface area contributed by atoms with Crippen LogP contribution in [0.5, 0.6) is 5.75 Å². The number of rotatable bonds is 5. The molecule has 0 heterocycles. The molecule has 5 unspecified atom stereocenters. The van der Waals surface area contributed by atoms with Crippen LogP contribution in [0.25, 0.3) is 0 Å². The fourth-order valence-electron chi connectivity index (χ4n) is 5.51. The van der Waals surface area contributed by atoms with Crippen molar-refractivity contribution in [2.75, 3.05) is 0 Å². The molecule has 3 aliphatic carbocycles. The van der Waals surface area contributed by atoms with Gasteiger partial charge in [-0.3, -0.25) is 0 Å². The SMILES string of the molecule is CC(C)(Oc1cc(C(=O)O)ccc1F)OC1CC2CC1C1CCCC21. The average molecular weight is 348 g/mol. The Kier molecular flexibility index (Phi) is 4.02. The lowest BCUT2D eigenvalue weighted by atomic mass is 9.80. The van der Waals surface area contributed by atoms with Crippen LogP contribution in [0.4, 0.5) is 4.39 Å². The van der Waals surface area contributed by atoms with Gasteiger partial charge in [0.25, 0.3) is 0 Å². The quantitative estimate of drug-likeness (QED) is 0.797. The van der Waals surface area contributed by atoms with Gasteiger partial charge in [0.15, 0.2) is 11.6 Å². The molecule has 25 heavy (non-hydrogen) atoms. The van der Waals surface area contributed by atoms with Crippen LogP contribution >= 0.6 is 0 Å². The number of benzene rings is 1. The van der Waals surface area contributed by atoms with Gasteiger partial charge >= 0.3 is 5.97 Å². The molecular formula is C20H25FO4. The van der Waals surface area contributed by atoms with Gasteiger partial charge < -0.3 is 14.6 Å². The predicted octanol–water partition coefficient (Wildman–Crippen LogP) is 4.48. The van der Waals surface area contributed by atoms with Gasteiger partial charge in [0.2, 0.25) is 5.79 Å². The molecule has 3 aliphatic rings. The molecule has 0 aliphatic heterocycles. The fourth-order valence-corrected chi connectivity index (χ4v) is 5.51. The third-order valence-corrected chi connectivity index (χ3v) is 6.34. The molecule has 0 aromatic heterocycles. The van der Waals surface area contributed by atoms with E-state index < -0.39 is 17.6 Å². The van der Waals surface area contributed by atoms with Crippen molar-refractivity contribution in [1.82, 2.24) is 0 Å². The molecule has 1 N–H and O–H groups in total. The summed E-state index contributed by atoms with van der Waals surface area (Å²) in [7, 11) is 0. The first-order valence-corrected chi connectivity index (χ1v) is 9.24. The van der Waals surface area contributed by atoms with Crippen LogP contribution in [0.2, 0.25) is 0 Å². The summed E-state index contributed by atoms with van der Waals surface area (Å²) in [5.41, 5.74) is 0.000853. The number of carbonyl (C=O) groups is 1. The summed E-state index contributed by atoms with van der Waals surface area (Å²) >= 11 is 0. The normalized spacial score (nSPS) is 33.5. The second-order valence-electron chi connectivity index (χ2n) is 8.26. The highest BCUT2D eigenvalue weighted by Crippen LogP contribution is 2.59. The zero-order chi connectivity index (χ0) is 17.8. The van der Waals surface area contributed by atoms with Crippen molar-refractivity contribution >= 4 is 5.97 Å². The average Bonchev–Trinajstić information content (AvgIpc) is 3.20. The van der Waals surface area contributed by atoms with Crippen LogP contribution < -0.4 is 4.74 Å². The topological polar surface area (TPSA) is 55.8 Å². The summed E-state index contributed by atoms with van der Waals surface area (Å²) in [5.74, 6) is 0.272. The van der Waals surface area contributed by atoms with Crippen molar-refractivity contribution in [1.29, 1.82) is 0 Å². The van der Waals surface area contributed by atoms with Crippen molar-refractivity contribution in [3.05, 3.63) is 29.6 Å². The second kappa shape index (κ2) is 5.97. The molecule has 3 saturated carbocycles. The summed E-state index contributed by atoms with van der Waals surface area (Å²) < 4.78 is 26.0. The van der Waals surface area contributed by atoms with Crippen LogP contribution in [-0.2, 0) is 4.74 Å². The van der Waals surface area contributed by atoms with E-state index in [0.717, 1.165) is 30.2 Å². The third kappa shape index (κ3) is 3.03. The molecule has 0 radical (unpaired) electrons. The largest absolute Gasteiger partial charge is 0.478 e. The van der Waals surface area contributed by atoms with Gasteiger partial charge in [0.1, 0.15) is 0 Å². The second-order valence-corrected chi connectivity index (χ2v) is 8.26. The Labute approximate surface area is 147 Å². The summed E-state index contributed by atoms with van der Waals surface area (Å²) in [6.07, 6.45) is 6.48. The van der Waals surface area contributed by atoms with Crippen LogP contribution in [-0.4, -0.2) is 23.0 Å². The number of aromatic carboxylic acids is 1. The van der Waals surface area contributed by atoms with Crippen LogP contribution in [0.3, 0.4) is 0 Å². The minimum Gasteiger partial charge on any atom is -0.478 e. The number of fused-ring (bicyclic) bond motifs is 5. The van der Waals surface area contributed by atoms with Crippen LogP contribution in [0.15, 0.2) is 18.2 Å². The van der Waals surface area contributed by atoms with Crippen LogP contribution in [0.1, 0.15) is 56.3 Å². The summed E-state index contributed by atoms with van der Waals surface area (Å²) in [4.78, 5) is 11.1. The van der Waals surface area contributed by atoms with Gasteiger partial charge in [-0.05, 0) is 67.6 Å². The number of carboxylic acids is 1. The maximum Gasteiger partial charge on any atom is 0.335 e. The monoisotopic (exact) mass is 348 g/mol. The highest BCUT2D eigenvalue weighted by Gasteiger charge is 2.55. The van der Waals surface area contributed by atoms with Crippen molar-refractivity contribution in [3.8, 4) is 5.75 Å². The van der Waals surface area contributed by atoms with Gasteiger partial charge in [-0.25, -0.2) is 9.18 Å². The third-order valence-electron chi connectivity index (χ3n) is 6.34. The molecule has 1 aromatic carbocycles. The zero-order valence-corrected chi connectivity index (χ0v) is 14.7. The Balaban J connectivity index is 1.46. The Morgan fingerprint density at radius 1 is 1.20 bits per heavy atom. The van der Waals surface area contributed by atoms with E-state index >= 15 is 0 Å². The smallest absolute Gasteiger partial charge is 0.335 e. The molecule has 0 amide bonds. The first kappa shape index (κ1) is 16.8. The van der Waals surface area contributed by atoms with Crippen molar-refractivity contribution < 1.29 is 23.8 Å². The highest BCUT2D eigenvalue weighted by atomic mass is 19.1. The zero-order valence-electron chi connectivity index (χ0n) is 14.7. The number of halogens is 1. The van der Waals surface area contributed by atoms with Gasteiger partial charge in [0.05, 0.1) is 11.7 Å². The summed E-state index contributed by atoms with van der Waals surface area (Å²) in [5, 5.41) is 9.08. The Morgan fingerprint density at radius 3 is 2.72 bits per heavy atom.